The Morgan fingerprint density at radius 3 is 1.24 bits per heavy atom. The van der Waals surface area contributed by atoms with Crippen molar-refractivity contribution < 1.29 is 29.7 Å². The van der Waals surface area contributed by atoms with Gasteiger partial charge in [-0.1, -0.05) is 80.9 Å². The van der Waals surface area contributed by atoms with Gasteiger partial charge in [0.1, 0.15) is 18.1 Å². The molecule has 182 valence electrons. The minimum atomic E-state index is -0.959. The number of nitrogens with two attached hydrogens (primary N) is 3. The Bertz CT molecular complexity index is 775. The third-order valence-corrected chi connectivity index (χ3v) is 4.77. The molecule has 0 fully saturated rings. The summed E-state index contributed by atoms with van der Waals surface area (Å²) >= 11 is 0. The largest absolute Gasteiger partial charge is 0.480 e. The standard InChI is InChI=1S/2C9H11NO2.C6H13NO2/c2*10-8(9(11)12)6-7-4-2-1-3-5-7;1-3-4(2)5(7)6(8)9/h2*1-5,8H,6,10H2,(H,11,12);4-5H,3,7H2,1-2H3,(H,8,9)/t2*8-;4-,5-/m000/s1. The molecule has 0 radical (unpaired) electrons. The van der Waals surface area contributed by atoms with Crippen molar-refractivity contribution in [2.45, 2.75) is 51.2 Å². The number of carboxylic acids is 3. The second-order valence-electron chi connectivity index (χ2n) is 7.52. The van der Waals surface area contributed by atoms with E-state index in [1.807, 2.05) is 74.5 Å². The summed E-state index contributed by atoms with van der Waals surface area (Å²) < 4.78 is 0. The first kappa shape index (κ1) is 29.7. The normalized spacial score (nSPS) is 13.6. The Kier molecular flexibility index (Phi) is 14.8. The van der Waals surface area contributed by atoms with Crippen LogP contribution in [0.4, 0.5) is 0 Å². The smallest absolute Gasteiger partial charge is 0.320 e. The summed E-state index contributed by atoms with van der Waals surface area (Å²) in [5.41, 5.74) is 17.9. The third-order valence-electron chi connectivity index (χ3n) is 4.77. The third kappa shape index (κ3) is 13.7. The topological polar surface area (TPSA) is 190 Å². The molecule has 0 aliphatic carbocycles. The molecule has 2 aromatic rings. The molecule has 0 amide bonds. The zero-order chi connectivity index (χ0) is 25.4. The van der Waals surface area contributed by atoms with E-state index < -0.39 is 36.0 Å². The van der Waals surface area contributed by atoms with Gasteiger partial charge in [-0.05, 0) is 29.9 Å². The van der Waals surface area contributed by atoms with E-state index in [0.717, 1.165) is 17.5 Å². The van der Waals surface area contributed by atoms with Crippen LogP contribution in [0.15, 0.2) is 60.7 Å². The van der Waals surface area contributed by atoms with Gasteiger partial charge in [0, 0.05) is 0 Å². The summed E-state index contributed by atoms with van der Waals surface area (Å²) in [4.78, 5) is 30.9. The fourth-order valence-corrected chi connectivity index (χ4v) is 2.41. The van der Waals surface area contributed by atoms with Gasteiger partial charge >= 0.3 is 17.9 Å². The first-order chi connectivity index (χ1) is 15.5. The molecule has 2 aromatic carbocycles. The van der Waals surface area contributed by atoms with Crippen molar-refractivity contribution in [1.82, 2.24) is 0 Å². The van der Waals surface area contributed by atoms with Gasteiger partial charge in [-0.2, -0.15) is 0 Å². The van der Waals surface area contributed by atoms with E-state index >= 15 is 0 Å². The number of aliphatic carboxylic acids is 3. The molecule has 0 aliphatic rings. The lowest BCUT2D eigenvalue weighted by Gasteiger charge is -2.11. The van der Waals surface area contributed by atoms with Crippen LogP contribution in [0.5, 0.6) is 0 Å². The van der Waals surface area contributed by atoms with Crippen LogP contribution in [-0.4, -0.2) is 51.4 Å². The van der Waals surface area contributed by atoms with E-state index in [2.05, 4.69) is 0 Å². The zero-order valence-corrected chi connectivity index (χ0v) is 19.0. The van der Waals surface area contributed by atoms with Crippen LogP contribution in [-0.2, 0) is 27.2 Å². The van der Waals surface area contributed by atoms with Gasteiger partial charge in [0.05, 0.1) is 0 Å². The zero-order valence-electron chi connectivity index (χ0n) is 19.0. The number of carbonyl (C=O) groups is 3. The lowest BCUT2D eigenvalue weighted by atomic mass is 10.0. The molecule has 9 nitrogen and oxygen atoms in total. The molecule has 33 heavy (non-hydrogen) atoms. The molecule has 9 heteroatoms. The fourth-order valence-electron chi connectivity index (χ4n) is 2.41. The van der Waals surface area contributed by atoms with Crippen molar-refractivity contribution in [3.05, 3.63) is 71.8 Å². The molecule has 0 bridgehead atoms. The average Bonchev–Trinajstić information content (AvgIpc) is 2.80. The van der Waals surface area contributed by atoms with E-state index in [1.54, 1.807) is 0 Å². The summed E-state index contributed by atoms with van der Waals surface area (Å²) in [7, 11) is 0. The SMILES string of the molecule is CC[C@H](C)[C@H](N)C(=O)O.N[C@@H](Cc1ccccc1)C(=O)O.N[C@@H](Cc1ccccc1)C(=O)O. The van der Waals surface area contributed by atoms with Crippen molar-refractivity contribution in [3.63, 3.8) is 0 Å². The first-order valence-corrected chi connectivity index (χ1v) is 10.5. The van der Waals surface area contributed by atoms with Crippen LogP contribution < -0.4 is 17.2 Å². The molecular formula is C24H35N3O6. The summed E-state index contributed by atoms with van der Waals surface area (Å²) in [5, 5.41) is 25.4. The quantitative estimate of drug-likeness (QED) is 0.323. The Morgan fingerprint density at radius 1 is 0.697 bits per heavy atom. The van der Waals surface area contributed by atoms with E-state index in [1.165, 1.54) is 0 Å². The van der Waals surface area contributed by atoms with E-state index in [4.69, 9.17) is 32.5 Å². The number of hydrogen-bond donors (Lipinski definition) is 6. The Morgan fingerprint density at radius 2 is 1.03 bits per heavy atom. The number of benzene rings is 2. The van der Waals surface area contributed by atoms with Crippen molar-refractivity contribution in [2.75, 3.05) is 0 Å². The minimum absolute atomic E-state index is 0.0718. The average molecular weight is 462 g/mol. The summed E-state index contributed by atoms with van der Waals surface area (Å²) in [6.07, 6.45) is 1.58. The second kappa shape index (κ2) is 16.4. The lowest BCUT2D eigenvalue weighted by molar-refractivity contribution is -0.140. The number of hydrogen-bond acceptors (Lipinski definition) is 6. The van der Waals surface area contributed by atoms with Crippen LogP contribution >= 0.6 is 0 Å². The Hall–Kier alpha value is -3.27. The highest BCUT2D eigenvalue weighted by Gasteiger charge is 2.17. The van der Waals surface area contributed by atoms with Crippen LogP contribution in [0.25, 0.3) is 0 Å². The Labute approximate surface area is 194 Å². The first-order valence-electron chi connectivity index (χ1n) is 10.5. The highest BCUT2D eigenvalue weighted by atomic mass is 16.4. The molecule has 0 unspecified atom stereocenters. The summed E-state index contributed by atoms with van der Waals surface area (Å²) in [5.74, 6) is -2.76. The van der Waals surface area contributed by atoms with Gasteiger partial charge in [0.15, 0.2) is 0 Å². The van der Waals surface area contributed by atoms with Crippen LogP contribution in [0.1, 0.15) is 31.4 Å². The number of rotatable bonds is 9. The summed E-state index contributed by atoms with van der Waals surface area (Å²) in [6.45, 7) is 3.76. The molecule has 0 aromatic heterocycles. The maximum Gasteiger partial charge on any atom is 0.320 e. The highest BCUT2D eigenvalue weighted by molar-refractivity contribution is 5.74. The molecule has 0 aliphatic heterocycles. The fraction of sp³-hybridized carbons (Fsp3) is 0.375. The second-order valence-corrected chi connectivity index (χ2v) is 7.52. The Balaban J connectivity index is 0.000000472. The molecular weight excluding hydrogens is 426 g/mol. The van der Waals surface area contributed by atoms with Crippen molar-refractivity contribution in [3.8, 4) is 0 Å². The predicted octanol–water partition coefficient (Wildman–Crippen LogP) is 1.73. The molecule has 0 saturated carbocycles. The number of carboxylic acid groups (broad SMARTS) is 3. The lowest BCUT2D eigenvalue weighted by Crippen LogP contribution is -2.36. The van der Waals surface area contributed by atoms with Gasteiger partial charge in [-0.15, -0.1) is 0 Å². The molecule has 9 N–H and O–H groups in total. The van der Waals surface area contributed by atoms with E-state index in [0.29, 0.717) is 12.8 Å². The maximum absolute atomic E-state index is 10.4. The van der Waals surface area contributed by atoms with Crippen molar-refractivity contribution in [1.29, 1.82) is 0 Å². The molecule has 4 atom stereocenters. The van der Waals surface area contributed by atoms with Gasteiger partial charge in [0.25, 0.3) is 0 Å². The van der Waals surface area contributed by atoms with Crippen LogP contribution in [0.2, 0.25) is 0 Å². The molecule has 0 spiro atoms. The van der Waals surface area contributed by atoms with Crippen molar-refractivity contribution in [2.24, 2.45) is 23.1 Å². The molecule has 0 saturated heterocycles. The predicted molar refractivity (Wildman–Crippen MR) is 127 cm³/mol. The maximum atomic E-state index is 10.4. The van der Waals surface area contributed by atoms with Gasteiger partial charge in [-0.25, -0.2) is 0 Å². The van der Waals surface area contributed by atoms with Crippen LogP contribution in [0.3, 0.4) is 0 Å². The van der Waals surface area contributed by atoms with Gasteiger partial charge < -0.3 is 32.5 Å². The summed E-state index contributed by atoms with van der Waals surface area (Å²) in [6, 6.07) is 16.4. The van der Waals surface area contributed by atoms with Gasteiger partial charge in [0.2, 0.25) is 0 Å². The highest BCUT2D eigenvalue weighted by Crippen LogP contribution is 2.04. The van der Waals surface area contributed by atoms with Crippen LogP contribution in [0, 0.1) is 5.92 Å². The molecule has 2 rings (SSSR count). The molecule has 0 heterocycles. The van der Waals surface area contributed by atoms with E-state index in [-0.39, 0.29) is 5.92 Å². The monoisotopic (exact) mass is 461 g/mol. The van der Waals surface area contributed by atoms with Gasteiger partial charge in [-0.3, -0.25) is 14.4 Å². The minimum Gasteiger partial charge on any atom is -0.480 e. The van der Waals surface area contributed by atoms with Crippen molar-refractivity contribution >= 4 is 17.9 Å². The van der Waals surface area contributed by atoms with E-state index in [9.17, 15) is 14.4 Å².